The fourth-order valence-electron chi connectivity index (χ4n) is 2.16. The lowest BCUT2D eigenvalue weighted by Gasteiger charge is -2.18. The highest BCUT2D eigenvalue weighted by atomic mass is 32.2. The first-order valence-electron chi connectivity index (χ1n) is 6.96. The van der Waals surface area contributed by atoms with E-state index >= 15 is 0 Å². The SMILES string of the molecule is CSCc1ccc(C(=O)Oc2ccc3c(c2)OCCO3)cc1. The van der Waals surface area contributed by atoms with Gasteiger partial charge in [0.15, 0.2) is 11.5 Å². The Bertz CT molecular complexity index is 667. The number of carbonyl (C=O) groups is 1. The van der Waals surface area contributed by atoms with Crippen molar-refractivity contribution >= 4 is 17.7 Å². The molecule has 0 unspecified atom stereocenters. The Morgan fingerprint density at radius 2 is 1.82 bits per heavy atom. The number of rotatable bonds is 4. The predicted octanol–water partition coefficient (Wildman–Crippen LogP) is 3.54. The van der Waals surface area contributed by atoms with E-state index in [-0.39, 0.29) is 5.97 Å². The standard InChI is InChI=1S/C17H16O4S/c1-22-11-12-2-4-13(5-3-12)17(18)21-14-6-7-15-16(10-14)20-9-8-19-15/h2-7,10H,8-9,11H2,1H3. The molecule has 1 aliphatic heterocycles. The van der Waals surface area contributed by atoms with E-state index in [9.17, 15) is 4.79 Å². The molecule has 2 aromatic carbocycles. The fraction of sp³-hybridized carbons (Fsp3) is 0.235. The van der Waals surface area contributed by atoms with Gasteiger partial charge in [0.2, 0.25) is 0 Å². The van der Waals surface area contributed by atoms with Crippen LogP contribution in [0.25, 0.3) is 0 Å². The summed E-state index contributed by atoms with van der Waals surface area (Å²) in [7, 11) is 0. The van der Waals surface area contributed by atoms with Crippen molar-refractivity contribution in [2.75, 3.05) is 19.5 Å². The van der Waals surface area contributed by atoms with Crippen LogP contribution in [0, 0.1) is 0 Å². The van der Waals surface area contributed by atoms with Crippen LogP contribution in [-0.4, -0.2) is 25.4 Å². The summed E-state index contributed by atoms with van der Waals surface area (Å²) in [4.78, 5) is 12.2. The second-order valence-electron chi connectivity index (χ2n) is 4.82. The third-order valence-electron chi connectivity index (χ3n) is 3.22. The normalized spacial score (nSPS) is 12.8. The highest BCUT2D eigenvalue weighted by molar-refractivity contribution is 7.97. The quantitative estimate of drug-likeness (QED) is 0.638. The molecule has 0 spiro atoms. The molecule has 0 amide bonds. The van der Waals surface area contributed by atoms with E-state index in [2.05, 4.69) is 0 Å². The summed E-state index contributed by atoms with van der Waals surface area (Å²) in [5, 5.41) is 0. The van der Waals surface area contributed by atoms with Crippen LogP contribution in [0.3, 0.4) is 0 Å². The molecule has 0 aromatic heterocycles. The van der Waals surface area contributed by atoms with E-state index in [1.54, 1.807) is 42.1 Å². The number of hydrogen-bond acceptors (Lipinski definition) is 5. The van der Waals surface area contributed by atoms with Gasteiger partial charge in [-0.25, -0.2) is 4.79 Å². The average Bonchev–Trinajstić information content (AvgIpc) is 2.56. The summed E-state index contributed by atoms with van der Waals surface area (Å²) in [5.74, 6) is 2.27. The molecule has 0 aliphatic carbocycles. The van der Waals surface area contributed by atoms with Gasteiger partial charge in [-0.3, -0.25) is 0 Å². The second kappa shape index (κ2) is 6.75. The molecule has 22 heavy (non-hydrogen) atoms. The summed E-state index contributed by atoms with van der Waals surface area (Å²) in [6.45, 7) is 1.04. The maximum Gasteiger partial charge on any atom is 0.343 e. The first-order chi connectivity index (χ1) is 10.8. The molecule has 114 valence electrons. The minimum Gasteiger partial charge on any atom is -0.486 e. The molecule has 5 heteroatoms. The molecule has 0 saturated heterocycles. The number of esters is 1. The zero-order chi connectivity index (χ0) is 15.4. The Morgan fingerprint density at radius 1 is 1.09 bits per heavy atom. The van der Waals surface area contributed by atoms with Crippen LogP contribution in [0.5, 0.6) is 17.2 Å². The van der Waals surface area contributed by atoms with Crippen LogP contribution in [-0.2, 0) is 5.75 Å². The number of thioether (sulfide) groups is 1. The summed E-state index contributed by atoms with van der Waals surface area (Å²) < 4.78 is 16.3. The minimum atomic E-state index is -0.382. The third kappa shape index (κ3) is 3.36. The first kappa shape index (κ1) is 14.8. The summed E-state index contributed by atoms with van der Waals surface area (Å²) in [6, 6.07) is 12.6. The Labute approximate surface area is 133 Å². The number of benzene rings is 2. The molecular weight excluding hydrogens is 300 g/mol. The molecule has 2 aromatic rings. The largest absolute Gasteiger partial charge is 0.486 e. The summed E-state index contributed by atoms with van der Waals surface area (Å²) in [6.07, 6.45) is 2.05. The van der Waals surface area contributed by atoms with Crippen molar-refractivity contribution in [3.8, 4) is 17.2 Å². The van der Waals surface area contributed by atoms with Gasteiger partial charge in [0.05, 0.1) is 5.56 Å². The maximum absolute atomic E-state index is 12.2. The molecule has 0 fully saturated rings. The molecule has 0 bridgehead atoms. The zero-order valence-electron chi connectivity index (χ0n) is 12.2. The van der Waals surface area contributed by atoms with E-state index in [1.165, 1.54) is 5.56 Å². The Hall–Kier alpha value is -2.14. The summed E-state index contributed by atoms with van der Waals surface area (Å²) in [5.41, 5.74) is 1.71. The lowest BCUT2D eigenvalue weighted by molar-refractivity contribution is 0.0733. The van der Waals surface area contributed by atoms with Gasteiger partial charge >= 0.3 is 5.97 Å². The number of carbonyl (C=O) groups excluding carboxylic acids is 1. The molecular formula is C17H16O4S. The molecule has 1 heterocycles. The highest BCUT2D eigenvalue weighted by Gasteiger charge is 2.14. The number of ether oxygens (including phenoxy) is 3. The van der Waals surface area contributed by atoms with Crippen LogP contribution in [0.15, 0.2) is 42.5 Å². The van der Waals surface area contributed by atoms with Gasteiger partial charge in [-0.1, -0.05) is 12.1 Å². The lowest BCUT2D eigenvalue weighted by atomic mass is 10.1. The van der Waals surface area contributed by atoms with Crippen LogP contribution in [0.4, 0.5) is 0 Å². The second-order valence-corrected chi connectivity index (χ2v) is 5.69. The van der Waals surface area contributed by atoms with Crippen molar-refractivity contribution in [3.63, 3.8) is 0 Å². The van der Waals surface area contributed by atoms with Gasteiger partial charge < -0.3 is 14.2 Å². The molecule has 0 radical (unpaired) electrons. The van der Waals surface area contributed by atoms with Crippen LogP contribution < -0.4 is 14.2 Å². The van der Waals surface area contributed by atoms with E-state index < -0.39 is 0 Å². The zero-order valence-corrected chi connectivity index (χ0v) is 13.0. The molecule has 1 aliphatic rings. The van der Waals surface area contributed by atoms with Gasteiger partial charge in [-0.05, 0) is 36.1 Å². The van der Waals surface area contributed by atoms with Gasteiger partial charge in [-0.2, -0.15) is 11.8 Å². The van der Waals surface area contributed by atoms with Crippen molar-refractivity contribution in [1.82, 2.24) is 0 Å². The van der Waals surface area contributed by atoms with Gasteiger partial charge in [0.1, 0.15) is 19.0 Å². The topological polar surface area (TPSA) is 44.8 Å². The van der Waals surface area contributed by atoms with Crippen molar-refractivity contribution in [3.05, 3.63) is 53.6 Å². The number of fused-ring (bicyclic) bond motifs is 1. The van der Waals surface area contributed by atoms with Crippen molar-refractivity contribution in [2.24, 2.45) is 0 Å². The predicted molar refractivity (Wildman–Crippen MR) is 86.1 cm³/mol. The van der Waals surface area contributed by atoms with Gasteiger partial charge in [-0.15, -0.1) is 0 Å². The smallest absolute Gasteiger partial charge is 0.343 e. The fourth-order valence-corrected chi connectivity index (χ4v) is 2.68. The van der Waals surface area contributed by atoms with Crippen molar-refractivity contribution < 1.29 is 19.0 Å². The molecule has 0 N–H and O–H groups in total. The first-order valence-corrected chi connectivity index (χ1v) is 8.35. The monoisotopic (exact) mass is 316 g/mol. The van der Waals surface area contributed by atoms with Gasteiger partial charge in [0.25, 0.3) is 0 Å². The Kier molecular flexibility index (Phi) is 4.53. The van der Waals surface area contributed by atoms with Crippen LogP contribution in [0.2, 0.25) is 0 Å². The summed E-state index contributed by atoms with van der Waals surface area (Å²) >= 11 is 1.74. The van der Waals surface area contributed by atoms with Gasteiger partial charge in [0, 0.05) is 11.8 Å². The highest BCUT2D eigenvalue weighted by Crippen LogP contribution is 2.33. The molecule has 0 atom stereocenters. The van der Waals surface area contributed by atoms with E-state index in [0.717, 1.165) is 5.75 Å². The third-order valence-corrected chi connectivity index (χ3v) is 3.85. The van der Waals surface area contributed by atoms with E-state index in [0.29, 0.717) is 36.0 Å². The van der Waals surface area contributed by atoms with E-state index in [4.69, 9.17) is 14.2 Å². The molecule has 0 saturated carbocycles. The van der Waals surface area contributed by atoms with Crippen LogP contribution in [0.1, 0.15) is 15.9 Å². The van der Waals surface area contributed by atoms with Crippen molar-refractivity contribution in [1.29, 1.82) is 0 Å². The minimum absolute atomic E-state index is 0.382. The van der Waals surface area contributed by atoms with E-state index in [1.807, 2.05) is 18.4 Å². The maximum atomic E-state index is 12.2. The molecule has 3 rings (SSSR count). The average molecular weight is 316 g/mol. The van der Waals surface area contributed by atoms with Crippen LogP contribution >= 0.6 is 11.8 Å². The van der Waals surface area contributed by atoms with Crippen molar-refractivity contribution in [2.45, 2.75) is 5.75 Å². The Balaban J connectivity index is 1.71. The lowest BCUT2D eigenvalue weighted by Crippen LogP contribution is -2.15. The molecule has 4 nitrogen and oxygen atoms in total. The Morgan fingerprint density at radius 3 is 2.55 bits per heavy atom. The number of hydrogen-bond donors (Lipinski definition) is 0.